The van der Waals surface area contributed by atoms with E-state index in [-0.39, 0.29) is 0 Å². The third-order valence-electron chi connectivity index (χ3n) is 5.63. The van der Waals surface area contributed by atoms with Crippen molar-refractivity contribution < 1.29 is 0 Å². The minimum absolute atomic E-state index is 0.318. The van der Waals surface area contributed by atoms with Gasteiger partial charge in [-0.05, 0) is 55.8 Å². The molecule has 5 aromatic heterocycles. The largest absolute Gasteiger partial charge is 0.382 e. The fourth-order valence-electron chi connectivity index (χ4n) is 4.13. The first-order valence-electron chi connectivity index (χ1n) is 11.1. The second kappa shape index (κ2) is 8.08. The van der Waals surface area contributed by atoms with Gasteiger partial charge in [-0.1, -0.05) is 12.1 Å². The van der Waals surface area contributed by atoms with Gasteiger partial charge in [-0.3, -0.25) is 15.1 Å². The molecule has 0 aliphatic heterocycles. The summed E-state index contributed by atoms with van der Waals surface area (Å²) >= 11 is 0. The van der Waals surface area contributed by atoms with Gasteiger partial charge < -0.3 is 10.3 Å². The molecule has 0 fully saturated rings. The van der Waals surface area contributed by atoms with E-state index in [1.165, 1.54) is 0 Å². The minimum atomic E-state index is 0.318. The second-order valence-electron chi connectivity index (χ2n) is 8.45. The summed E-state index contributed by atoms with van der Waals surface area (Å²) in [7, 11) is 0. The molecule has 0 radical (unpaired) electrons. The maximum Gasteiger partial charge on any atom is 0.161 e. The van der Waals surface area contributed by atoms with Crippen molar-refractivity contribution in [3.05, 3.63) is 73.3 Å². The summed E-state index contributed by atoms with van der Waals surface area (Å²) in [6, 6.07) is 16.4. The Hall–Kier alpha value is -4.59. The lowest BCUT2D eigenvalue weighted by Gasteiger charge is -2.10. The minimum Gasteiger partial charge on any atom is -0.382 e. The Balaban J connectivity index is 1.45. The van der Waals surface area contributed by atoms with Crippen molar-refractivity contribution in [3.63, 3.8) is 0 Å². The van der Waals surface area contributed by atoms with Crippen molar-refractivity contribution in [2.45, 2.75) is 19.9 Å². The normalized spacial score (nSPS) is 11.5. The van der Waals surface area contributed by atoms with Crippen LogP contribution in [-0.2, 0) is 0 Å². The van der Waals surface area contributed by atoms with E-state index in [2.05, 4.69) is 56.4 Å². The summed E-state index contributed by atoms with van der Waals surface area (Å²) in [6.45, 7) is 4.20. The molecule has 0 saturated heterocycles. The standard InChI is InChI=1S/C26H22N8/c1-15(2)29-18-12-17(13-28-14-18)20-6-7-22-24(30-20)25(34-33-22)26-31-21-5-3-4-19(23(21)32-26)16-8-10-27-11-9-16/h3-15,29H,1-2H3,(H,31,32)(H,33,34). The van der Waals surface area contributed by atoms with Crippen LogP contribution in [0.5, 0.6) is 0 Å². The molecule has 8 heteroatoms. The second-order valence-corrected chi connectivity index (χ2v) is 8.45. The molecule has 6 rings (SSSR count). The van der Waals surface area contributed by atoms with Crippen molar-refractivity contribution in [1.29, 1.82) is 0 Å². The van der Waals surface area contributed by atoms with Crippen LogP contribution in [0.3, 0.4) is 0 Å². The van der Waals surface area contributed by atoms with Gasteiger partial charge in [0.25, 0.3) is 0 Å². The number of pyridine rings is 3. The number of nitrogens with one attached hydrogen (secondary N) is 3. The van der Waals surface area contributed by atoms with Crippen molar-refractivity contribution in [1.82, 2.24) is 35.1 Å². The van der Waals surface area contributed by atoms with Crippen LogP contribution in [0, 0.1) is 0 Å². The van der Waals surface area contributed by atoms with Gasteiger partial charge in [-0.2, -0.15) is 5.10 Å². The highest BCUT2D eigenvalue weighted by atomic mass is 15.1. The molecule has 3 N–H and O–H groups in total. The molecule has 0 aliphatic rings. The first-order valence-corrected chi connectivity index (χ1v) is 11.1. The number of imidazole rings is 1. The highest BCUT2D eigenvalue weighted by molar-refractivity contribution is 5.96. The topological polar surface area (TPSA) is 108 Å². The number of para-hydroxylation sites is 1. The molecule has 0 spiro atoms. The van der Waals surface area contributed by atoms with Gasteiger partial charge in [0.1, 0.15) is 5.52 Å². The fourth-order valence-corrected chi connectivity index (χ4v) is 4.13. The number of hydrogen-bond acceptors (Lipinski definition) is 6. The van der Waals surface area contributed by atoms with Crippen molar-refractivity contribution in [2.24, 2.45) is 0 Å². The number of rotatable bonds is 5. The molecule has 6 aromatic rings. The Morgan fingerprint density at radius 3 is 2.56 bits per heavy atom. The average molecular weight is 447 g/mol. The van der Waals surface area contributed by atoms with E-state index in [0.29, 0.717) is 17.6 Å². The Kier molecular flexibility index (Phi) is 4.76. The SMILES string of the molecule is CC(C)Nc1cncc(-c2ccc3[nH]nc(-c4nc5c(-c6ccncc6)cccc5[nH]4)c3n2)c1. The summed E-state index contributed by atoms with van der Waals surface area (Å²) in [6.07, 6.45) is 7.21. The molecule has 166 valence electrons. The Morgan fingerprint density at radius 1 is 0.824 bits per heavy atom. The number of nitrogens with zero attached hydrogens (tertiary/aromatic N) is 5. The van der Waals surface area contributed by atoms with E-state index in [4.69, 9.17) is 9.97 Å². The Labute approximate surface area is 195 Å². The monoisotopic (exact) mass is 446 g/mol. The highest BCUT2D eigenvalue weighted by Crippen LogP contribution is 2.31. The van der Waals surface area contributed by atoms with E-state index in [1.807, 2.05) is 48.8 Å². The number of H-pyrrole nitrogens is 2. The van der Waals surface area contributed by atoms with Gasteiger partial charge in [-0.25, -0.2) is 9.97 Å². The van der Waals surface area contributed by atoms with E-state index in [1.54, 1.807) is 12.4 Å². The van der Waals surface area contributed by atoms with Gasteiger partial charge >= 0.3 is 0 Å². The van der Waals surface area contributed by atoms with Crippen LogP contribution in [-0.4, -0.2) is 41.2 Å². The van der Waals surface area contributed by atoms with Crippen molar-refractivity contribution >= 4 is 27.8 Å². The number of aromatic nitrogens is 7. The number of fused-ring (bicyclic) bond motifs is 2. The Bertz CT molecular complexity index is 1610. The molecule has 5 heterocycles. The zero-order valence-corrected chi connectivity index (χ0v) is 18.7. The van der Waals surface area contributed by atoms with E-state index >= 15 is 0 Å². The van der Waals surface area contributed by atoms with E-state index < -0.39 is 0 Å². The van der Waals surface area contributed by atoms with Gasteiger partial charge in [0.2, 0.25) is 0 Å². The summed E-state index contributed by atoms with van der Waals surface area (Å²) < 4.78 is 0. The van der Waals surface area contributed by atoms with Crippen molar-refractivity contribution in [3.8, 4) is 33.9 Å². The molecule has 0 saturated carbocycles. The number of anilines is 1. The average Bonchev–Trinajstić information content (AvgIpc) is 3.48. The van der Waals surface area contributed by atoms with Crippen LogP contribution in [0.4, 0.5) is 5.69 Å². The zero-order valence-electron chi connectivity index (χ0n) is 18.7. The Morgan fingerprint density at radius 2 is 1.71 bits per heavy atom. The fraction of sp³-hybridized carbons (Fsp3) is 0.115. The number of hydrogen-bond donors (Lipinski definition) is 3. The lowest BCUT2D eigenvalue weighted by Crippen LogP contribution is -2.09. The van der Waals surface area contributed by atoms with Crippen LogP contribution in [0.15, 0.2) is 73.3 Å². The lowest BCUT2D eigenvalue weighted by molar-refractivity contribution is 0.898. The van der Waals surface area contributed by atoms with Gasteiger partial charge in [0.05, 0.1) is 27.9 Å². The maximum atomic E-state index is 4.92. The molecule has 0 atom stereocenters. The van der Waals surface area contributed by atoms with Crippen molar-refractivity contribution in [2.75, 3.05) is 5.32 Å². The molecule has 0 bridgehead atoms. The smallest absolute Gasteiger partial charge is 0.161 e. The van der Waals surface area contributed by atoms with E-state index in [0.717, 1.165) is 50.1 Å². The van der Waals surface area contributed by atoms with Gasteiger partial charge in [-0.15, -0.1) is 0 Å². The molecule has 0 unspecified atom stereocenters. The van der Waals surface area contributed by atoms with Crippen LogP contribution < -0.4 is 5.32 Å². The van der Waals surface area contributed by atoms with Crippen LogP contribution in [0.25, 0.3) is 56.0 Å². The van der Waals surface area contributed by atoms with Crippen LogP contribution >= 0.6 is 0 Å². The number of aromatic amines is 2. The summed E-state index contributed by atoms with van der Waals surface area (Å²) in [5, 5.41) is 11.0. The van der Waals surface area contributed by atoms with Crippen LogP contribution in [0.2, 0.25) is 0 Å². The lowest BCUT2D eigenvalue weighted by atomic mass is 10.1. The predicted octanol–water partition coefficient (Wildman–Crippen LogP) is 5.45. The van der Waals surface area contributed by atoms with Gasteiger partial charge in [0, 0.05) is 42.0 Å². The third kappa shape index (κ3) is 3.55. The number of benzene rings is 1. The zero-order chi connectivity index (χ0) is 23.1. The summed E-state index contributed by atoms with van der Waals surface area (Å²) in [4.78, 5) is 21.8. The molecular formula is C26H22N8. The molecule has 0 aliphatic carbocycles. The predicted molar refractivity (Wildman–Crippen MR) is 134 cm³/mol. The third-order valence-corrected chi connectivity index (χ3v) is 5.63. The molecule has 1 aromatic carbocycles. The summed E-state index contributed by atoms with van der Waals surface area (Å²) in [5.74, 6) is 0.667. The maximum absolute atomic E-state index is 4.92. The first kappa shape index (κ1) is 20.0. The molecule has 34 heavy (non-hydrogen) atoms. The molecule has 0 amide bonds. The van der Waals surface area contributed by atoms with Gasteiger partial charge in [0.15, 0.2) is 11.5 Å². The molecule has 8 nitrogen and oxygen atoms in total. The summed E-state index contributed by atoms with van der Waals surface area (Å²) in [5.41, 5.74) is 8.92. The van der Waals surface area contributed by atoms with E-state index in [9.17, 15) is 0 Å². The first-order chi connectivity index (χ1) is 16.7. The van der Waals surface area contributed by atoms with Crippen LogP contribution in [0.1, 0.15) is 13.8 Å². The highest BCUT2D eigenvalue weighted by Gasteiger charge is 2.17. The quantitative estimate of drug-likeness (QED) is 0.325. The molecular weight excluding hydrogens is 424 g/mol.